The van der Waals surface area contributed by atoms with Crippen LogP contribution in [0, 0.1) is 0 Å². The fraction of sp³-hybridized carbons (Fsp3) is 0.333. The Morgan fingerprint density at radius 1 is 1.17 bits per heavy atom. The number of carbonyl (C=O) groups excluding carboxylic acids is 1. The molecule has 0 atom stereocenters. The van der Waals surface area contributed by atoms with Gasteiger partial charge in [-0.3, -0.25) is 4.79 Å². The molecule has 0 aliphatic carbocycles. The molecule has 0 radical (unpaired) electrons. The Labute approximate surface area is 66.9 Å². The average molecular weight is 191 g/mol. The van der Waals surface area contributed by atoms with Crippen molar-refractivity contribution >= 4 is 12.0 Å². The van der Waals surface area contributed by atoms with Gasteiger partial charge >= 0.3 is 5.97 Å². The van der Waals surface area contributed by atoms with Crippen molar-refractivity contribution in [2.45, 2.75) is 0 Å². The number of aliphatic carboxylic acids is 1. The molecule has 0 saturated heterocycles. The standard InChI is InChI=1S/C3H3NO3.5H2O/c5-2-4-1-3(6)7;;;;;/h1H2,(H,6,7);5*1H2. The van der Waals surface area contributed by atoms with Gasteiger partial charge in [0.25, 0.3) is 0 Å². The van der Waals surface area contributed by atoms with Crippen molar-refractivity contribution in [2.24, 2.45) is 4.99 Å². The first-order chi connectivity index (χ1) is 3.27. The van der Waals surface area contributed by atoms with Gasteiger partial charge in [-0.25, -0.2) is 4.79 Å². The second-order valence-corrected chi connectivity index (χ2v) is 0.801. The Bertz CT molecular complexity index is 117. The third-order valence-electron chi connectivity index (χ3n) is 0.279. The van der Waals surface area contributed by atoms with Crippen LogP contribution in [0.2, 0.25) is 0 Å². The maximum Gasteiger partial charge on any atom is 0.326 e. The lowest BCUT2D eigenvalue weighted by molar-refractivity contribution is -0.135. The zero-order valence-electron chi connectivity index (χ0n) is 5.92. The topological polar surface area (TPSA) is 224 Å². The van der Waals surface area contributed by atoms with Crippen molar-refractivity contribution in [1.82, 2.24) is 0 Å². The summed E-state index contributed by atoms with van der Waals surface area (Å²) in [4.78, 5) is 21.4. The summed E-state index contributed by atoms with van der Waals surface area (Å²) in [5.41, 5.74) is 0. The molecule has 0 fully saturated rings. The van der Waals surface area contributed by atoms with E-state index in [1.807, 2.05) is 0 Å². The van der Waals surface area contributed by atoms with E-state index in [9.17, 15) is 4.79 Å². The number of carbonyl (C=O) groups is 1. The Morgan fingerprint density at radius 2 is 1.50 bits per heavy atom. The fourth-order valence-electron chi connectivity index (χ4n) is 0.0999. The van der Waals surface area contributed by atoms with E-state index < -0.39 is 12.5 Å². The number of rotatable bonds is 2. The Balaban J connectivity index is -0.0000000180. The summed E-state index contributed by atoms with van der Waals surface area (Å²) < 4.78 is 0. The number of aliphatic imine (C=N–C) groups is 1. The molecule has 0 bridgehead atoms. The minimum atomic E-state index is -1.12. The quantitative estimate of drug-likeness (QED) is 0.335. The van der Waals surface area contributed by atoms with E-state index in [0.717, 1.165) is 6.08 Å². The van der Waals surface area contributed by atoms with E-state index in [-0.39, 0.29) is 27.4 Å². The van der Waals surface area contributed by atoms with Gasteiger partial charge in [-0.15, -0.1) is 0 Å². The smallest absolute Gasteiger partial charge is 0.326 e. The van der Waals surface area contributed by atoms with Gasteiger partial charge in [0, 0.05) is 0 Å². The monoisotopic (exact) mass is 191 g/mol. The van der Waals surface area contributed by atoms with Crippen LogP contribution in [0.15, 0.2) is 4.99 Å². The number of carboxylic acids is 1. The maximum atomic E-state index is 9.49. The van der Waals surface area contributed by atoms with Gasteiger partial charge in [0.05, 0.1) is 0 Å². The second kappa shape index (κ2) is 33.4. The van der Waals surface area contributed by atoms with Crippen molar-refractivity contribution < 1.29 is 42.1 Å². The normalized spacial score (nSPS) is 4.00. The van der Waals surface area contributed by atoms with Crippen molar-refractivity contribution in [1.29, 1.82) is 0 Å². The van der Waals surface area contributed by atoms with E-state index in [4.69, 9.17) is 9.90 Å². The predicted molar refractivity (Wildman–Crippen MR) is 38.7 cm³/mol. The van der Waals surface area contributed by atoms with Gasteiger partial charge in [0.2, 0.25) is 6.08 Å². The summed E-state index contributed by atoms with van der Waals surface area (Å²) in [6, 6.07) is 0. The Morgan fingerprint density at radius 3 is 1.58 bits per heavy atom. The number of nitrogens with zero attached hydrogens (tertiary/aromatic N) is 1. The zero-order chi connectivity index (χ0) is 5.70. The second-order valence-electron chi connectivity index (χ2n) is 0.801. The molecule has 0 rings (SSSR count). The highest BCUT2D eigenvalue weighted by molar-refractivity contribution is 5.70. The van der Waals surface area contributed by atoms with Crippen molar-refractivity contribution in [3.05, 3.63) is 0 Å². The predicted octanol–water partition coefficient (Wildman–Crippen LogP) is -4.72. The summed E-state index contributed by atoms with van der Waals surface area (Å²) in [5, 5.41) is 7.77. The summed E-state index contributed by atoms with van der Waals surface area (Å²) in [7, 11) is 0. The molecule has 0 aromatic rings. The molecule has 9 nitrogen and oxygen atoms in total. The molecule has 9 heteroatoms. The largest absolute Gasteiger partial charge is 0.480 e. The number of isocyanates is 1. The van der Waals surface area contributed by atoms with Crippen molar-refractivity contribution in [3.8, 4) is 0 Å². The van der Waals surface area contributed by atoms with Crippen LogP contribution in [0.3, 0.4) is 0 Å². The highest BCUT2D eigenvalue weighted by atomic mass is 16.4. The van der Waals surface area contributed by atoms with Crippen LogP contribution in [-0.2, 0) is 9.59 Å². The molecule has 12 heavy (non-hydrogen) atoms. The molecule has 0 unspecified atom stereocenters. The summed E-state index contributed by atoms with van der Waals surface area (Å²) in [6.45, 7) is -0.483. The van der Waals surface area contributed by atoms with E-state index in [2.05, 4.69) is 4.99 Å². The van der Waals surface area contributed by atoms with Gasteiger partial charge in [0.1, 0.15) is 6.54 Å². The summed E-state index contributed by atoms with van der Waals surface area (Å²) in [6.07, 6.45) is 1.09. The van der Waals surface area contributed by atoms with Crippen LogP contribution >= 0.6 is 0 Å². The fourth-order valence-corrected chi connectivity index (χ4v) is 0.0999. The third-order valence-corrected chi connectivity index (χ3v) is 0.279. The molecule has 0 aromatic heterocycles. The molecule has 0 amide bonds. The van der Waals surface area contributed by atoms with Crippen LogP contribution < -0.4 is 0 Å². The van der Waals surface area contributed by atoms with E-state index in [0.29, 0.717) is 0 Å². The molecule has 0 heterocycles. The average Bonchev–Trinajstić information content (AvgIpc) is 1.61. The van der Waals surface area contributed by atoms with E-state index in [1.165, 1.54) is 0 Å². The van der Waals surface area contributed by atoms with Crippen molar-refractivity contribution in [2.75, 3.05) is 6.54 Å². The molecular formula is C3H13NO8. The molecule has 0 saturated carbocycles. The molecular weight excluding hydrogens is 178 g/mol. The lowest BCUT2D eigenvalue weighted by Crippen LogP contribution is -1.97. The van der Waals surface area contributed by atoms with Crippen LogP contribution in [-0.4, -0.2) is 51.1 Å². The lowest BCUT2D eigenvalue weighted by Gasteiger charge is -1.73. The van der Waals surface area contributed by atoms with Crippen molar-refractivity contribution in [3.63, 3.8) is 0 Å². The lowest BCUT2D eigenvalue weighted by atomic mass is 10.7. The first-order valence-corrected chi connectivity index (χ1v) is 1.53. The minimum Gasteiger partial charge on any atom is -0.480 e. The van der Waals surface area contributed by atoms with Gasteiger partial charge < -0.3 is 32.5 Å². The van der Waals surface area contributed by atoms with E-state index >= 15 is 0 Å². The first kappa shape index (κ1) is 45.9. The molecule has 0 spiro atoms. The summed E-state index contributed by atoms with van der Waals surface area (Å²) >= 11 is 0. The zero-order valence-corrected chi connectivity index (χ0v) is 5.92. The number of hydrogen-bond donors (Lipinski definition) is 1. The Hall–Kier alpha value is -1.35. The first-order valence-electron chi connectivity index (χ1n) is 1.53. The minimum absolute atomic E-state index is 0. The molecule has 78 valence electrons. The molecule has 0 aliphatic rings. The summed E-state index contributed by atoms with van der Waals surface area (Å²) in [5.74, 6) is -1.12. The highest BCUT2D eigenvalue weighted by Gasteiger charge is 1.87. The maximum absolute atomic E-state index is 9.49. The van der Waals surface area contributed by atoms with Gasteiger partial charge in [-0.1, -0.05) is 0 Å². The van der Waals surface area contributed by atoms with Gasteiger partial charge in [-0.2, -0.15) is 4.99 Å². The van der Waals surface area contributed by atoms with Gasteiger partial charge in [-0.05, 0) is 0 Å². The van der Waals surface area contributed by atoms with Crippen LogP contribution in [0.5, 0.6) is 0 Å². The SMILES string of the molecule is O.O.O.O.O.O=C=NCC(=O)O. The highest BCUT2D eigenvalue weighted by Crippen LogP contribution is 1.62. The van der Waals surface area contributed by atoms with Gasteiger partial charge in [0.15, 0.2) is 0 Å². The van der Waals surface area contributed by atoms with E-state index in [1.54, 1.807) is 0 Å². The number of carboxylic acid groups (broad SMARTS) is 1. The van der Waals surface area contributed by atoms with Crippen LogP contribution in [0.25, 0.3) is 0 Å². The Kier molecular flexibility index (Phi) is 128. The number of hydrogen-bond acceptors (Lipinski definition) is 3. The molecule has 0 aliphatic heterocycles. The molecule has 0 aromatic carbocycles. The third kappa shape index (κ3) is 72.1. The molecule has 11 N–H and O–H groups in total. The van der Waals surface area contributed by atoms with Crippen LogP contribution in [0.4, 0.5) is 0 Å². The van der Waals surface area contributed by atoms with Crippen LogP contribution in [0.1, 0.15) is 0 Å².